The summed E-state index contributed by atoms with van der Waals surface area (Å²) in [5, 5.41) is 7.25. The molecular formula is C14H20ClN5S. The van der Waals surface area contributed by atoms with Crippen molar-refractivity contribution in [2.45, 2.75) is 38.6 Å². The van der Waals surface area contributed by atoms with Crippen LogP contribution in [-0.2, 0) is 0 Å². The van der Waals surface area contributed by atoms with Crippen LogP contribution in [0.3, 0.4) is 0 Å². The highest BCUT2D eigenvalue weighted by Crippen LogP contribution is 2.24. The Labute approximate surface area is 135 Å². The molecule has 0 spiro atoms. The second-order valence-electron chi connectivity index (χ2n) is 5.91. The second kappa shape index (κ2) is 6.32. The summed E-state index contributed by atoms with van der Waals surface area (Å²) in [6.07, 6.45) is 4.73. The van der Waals surface area contributed by atoms with Gasteiger partial charge in [-0.3, -0.25) is 0 Å². The molecule has 114 valence electrons. The van der Waals surface area contributed by atoms with E-state index in [1.54, 1.807) is 0 Å². The molecule has 0 unspecified atom stereocenters. The minimum Gasteiger partial charge on any atom is -0.360 e. The summed E-state index contributed by atoms with van der Waals surface area (Å²) in [5.74, 6) is 2.12. The predicted octanol–water partition coefficient (Wildman–Crippen LogP) is 2.82. The minimum atomic E-state index is 0.440. The van der Waals surface area contributed by atoms with Crippen LogP contribution in [0.4, 0.5) is 11.8 Å². The molecule has 5 nitrogen and oxygen atoms in total. The molecule has 2 aliphatic rings. The molecule has 1 saturated heterocycles. The summed E-state index contributed by atoms with van der Waals surface area (Å²) in [5.41, 5.74) is 0. The first-order chi connectivity index (χ1) is 10.1. The highest BCUT2D eigenvalue weighted by molar-refractivity contribution is 7.80. The van der Waals surface area contributed by atoms with Gasteiger partial charge in [0.15, 0.2) is 5.11 Å². The van der Waals surface area contributed by atoms with Crippen LogP contribution in [-0.4, -0.2) is 34.2 Å². The summed E-state index contributed by atoms with van der Waals surface area (Å²) in [7, 11) is 0. The molecule has 2 fully saturated rings. The number of nitrogens with zero attached hydrogens (tertiary/aromatic N) is 3. The zero-order valence-electron chi connectivity index (χ0n) is 12.1. The van der Waals surface area contributed by atoms with Gasteiger partial charge in [0, 0.05) is 25.2 Å². The van der Waals surface area contributed by atoms with Crippen molar-refractivity contribution in [1.82, 2.24) is 15.3 Å². The van der Waals surface area contributed by atoms with Gasteiger partial charge >= 0.3 is 0 Å². The number of nitrogens with one attached hydrogen (secondary N) is 2. The Morgan fingerprint density at radius 2 is 2.00 bits per heavy atom. The second-order valence-corrected chi connectivity index (χ2v) is 6.71. The average molecular weight is 326 g/mol. The fourth-order valence-electron chi connectivity index (χ4n) is 2.41. The molecule has 1 saturated carbocycles. The lowest BCUT2D eigenvalue weighted by atomic mass is 9.99. The van der Waals surface area contributed by atoms with Gasteiger partial charge in [0.1, 0.15) is 11.0 Å². The summed E-state index contributed by atoms with van der Waals surface area (Å²) in [6, 6.07) is 2.33. The van der Waals surface area contributed by atoms with E-state index in [0.29, 0.717) is 22.3 Å². The molecule has 1 aromatic heterocycles. The topological polar surface area (TPSA) is 53.1 Å². The van der Waals surface area contributed by atoms with Crippen molar-refractivity contribution in [2.75, 3.05) is 23.3 Å². The van der Waals surface area contributed by atoms with Gasteiger partial charge in [0.2, 0.25) is 5.95 Å². The molecule has 2 heterocycles. The predicted molar refractivity (Wildman–Crippen MR) is 90.0 cm³/mol. The fraction of sp³-hybridized carbons (Fsp3) is 0.643. The van der Waals surface area contributed by atoms with Crippen LogP contribution in [0.5, 0.6) is 0 Å². The van der Waals surface area contributed by atoms with Gasteiger partial charge in [-0.2, -0.15) is 4.98 Å². The Kier molecular flexibility index (Phi) is 4.45. The fourth-order valence-corrected chi connectivity index (χ4v) is 2.85. The zero-order chi connectivity index (χ0) is 14.8. The van der Waals surface area contributed by atoms with Crippen molar-refractivity contribution < 1.29 is 0 Å². The molecule has 1 aliphatic carbocycles. The lowest BCUT2D eigenvalue weighted by molar-refractivity contribution is 0.436. The molecular weight excluding hydrogens is 306 g/mol. The van der Waals surface area contributed by atoms with E-state index in [4.69, 9.17) is 23.8 Å². The third-order valence-corrected chi connectivity index (χ3v) is 4.34. The van der Waals surface area contributed by atoms with Crippen molar-refractivity contribution in [3.8, 4) is 0 Å². The summed E-state index contributed by atoms with van der Waals surface area (Å²) in [6.45, 7) is 4.32. The van der Waals surface area contributed by atoms with E-state index in [9.17, 15) is 0 Å². The first-order valence-electron chi connectivity index (χ1n) is 7.47. The molecule has 0 bridgehead atoms. The Morgan fingerprint density at radius 3 is 2.67 bits per heavy atom. The van der Waals surface area contributed by atoms with Crippen LogP contribution < -0.4 is 15.5 Å². The lowest BCUT2D eigenvalue weighted by Gasteiger charge is -2.31. The molecule has 0 radical (unpaired) electrons. The molecule has 1 aromatic rings. The molecule has 21 heavy (non-hydrogen) atoms. The SMILES string of the molecule is CC1CCN(c2cc(Cl)nc(NC(=S)NC3CC3)n2)CC1. The monoisotopic (exact) mass is 325 g/mol. The number of halogens is 1. The maximum atomic E-state index is 6.12. The molecule has 0 aromatic carbocycles. The third kappa shape index (κ3) is 4.17. The van der Waals surface area contributed by atoms with Gasteiger partial charge < -0.3 is 15.5 Å². The Morgan fingerprint density at radius 1 is 1.29 bits per heavy atom. The highest BCUT2D eigenvalue weighted by atomic mass is 35.5. The zero-order valence-corrected chi connectivity index (χ0v) is 13.7. The van der Waals surface area contributed by atoms with Crippen LogP contribution in [0, 0.1) is 5.92 Å². The minimum absolute atomic E-state index is 0.440. The number of thiocarbonyl (C=S) groups is 1. The first kappa shape index (κ1) is 14.8. The molecule has 7 heteroatoms. The molecule has 1 aliphatic heterocycles. The maximum Gasteiger partial charge on any atom is 0.232 e. The first-order valence-corrected chi connectivity index (χ1v) is 8.26. The molecule has 0 amide bonds. The van der Waals surface area contributed by atoms with E-state index in [0.717, 1.165) is 24.8 Å². The third-order valence-electron chi connectivity index (χ3n) is 3.93. The van der Waals surface area contributed by atoms with Gasteiger partial charge in [0.05, 0.1) is 0 Å². The van der Waals surface area contributed by atoms with E-state index in [2.05, 4.69) is 32.4 Å². The van der Waals surface area contributed by atoms with E-state index in [-0.39, 0.29) is 0 Å². The van der Waals surface area contributed by atoms with Crippen LogP contribution in [0.1, 0.15) is 32.6 Å². The summed E-state index contributed by atoms with van der Waals surface area (Å²) in [4.78, 5) is 11.0. The van der Waals surface area contributed by atoms with Gasteiger partial charge in [-0.15, -0.1) is 0 Å². The molecule has 0 atom stereocenters. The average Bonchev–Trinajstić information content (AvgIpc) is 3.22. The smallest absolute Gasteiger partial charge is 0.232 e. The number of hydrogen-bond acceptors (Lipinski definition) is 4. The van der Waals surface area contributed by atoms with Gasteiger partial charge in [-0.1, -0.05) is 18.5 Å². The van der Waals surface area contributed by atoms with Gasteiger partial charge in [0.25, 0.3) is 0 Å². The Balaban J connectivity index is 1.68. The number of aromatic nitrogens is 2. The number of hydrogen-bond donors (Lipinski definition) is 2. The van der Waals surface area contributed by atoms with Crippen molar-refractivity contribution in [3.63, 3.8) is 0 Å². The van der Waals surface area contributed by atoms with E-state index < -0.39 is 0 Å². The largest absolute Gasteiger partial charge is 0.360 e. The number of anilines is 2. The highest BCUT2D eigenvalue weighted by Gasteiger charge is 2.22. The van der Waals surface area contributed by atoms with Crippen LogP contribution in [0.2, 0.25) is 5.15 Å². The quantitative estimate of drug-likeness (QED) is 0.658. The van der Waals surface area contributed by atoms with Crippen LogP contribution in [0.15, 0.2) is 6.07 Å². The molecule has 2 N–H and O–H groups in total. The van der Waals surface area contributed by atoms with Crippen molar-refractivity contribution in [1.29, 1.82) is 0 Å². The van der Waals surface area contributed by atoms with E-state index in [1.165, 1.54) is 25.7 Å². The van der Waals surface area contributed by atoms with Crippen molar-refractivity contribution in [3.05, 3.63) is 11.2 Å². The van der Waals surface area contributed by atoms with Crippen LogP contribution >= 0.6 is 23.8 Å². The summed E-state index contributed by atoms with van der Waals surface area (Å²) >= 11 is 11.4. The standard InChI is InChI=1S/C14H20ClN5S/c1-9-4-6-20(7-5-9)12-8-11(15)17-13(18-12)19-14(21)16-10-2-3-10/h8-10H,2-7H2,1H3,(H2,16,17,18,19,21). The Bertz CT molecular complexity index is 526. The normalized spacial score (nSPS) is 19.4. The van der Waals surface area contributed by atoms with Crippen LogP contribution in [0.25, 0.3) is 0 Å². The van der Waals surface area contributed by atoms with E-state index in [1.807, 2.05) is 6.07 Å². The number of piperidine rings is 1. The van der Waals surface area contributed by atoms with E-state index >= 15 is 0 Å². The molecule has 3 rings (SSSR count). The van der Waals surface area contributed by atoms with Crippen molar-refractivity contribution >= 4 is 40.7 Å². The number of rotatable bonds is 3. The van der Waals surface area contributed by atoms with Gasteiger partial charge in [-0.25, -0.2) is 4.98 Å². The van der Waals surface area contributed by atoms with Gasteiger partial charge in [-0.05, 0) is 43.8 Å². The van der Waals surface area contributed by atoms with Crippen molar-refractivity contribution in [2.24, 2.45) is 5.92 Å². The Hall–Kier alpha value is -1.14. The maximum absolute atomic E-state index is 6.12. The summed E-state index contributed by atoms with van der Waals surface area (Å²) < 4.78 is 0. The lowest BCUT2D eigenvalue weighted by Crippen LogP contribution is -2.34.